The molecule has 0 amide bonds. The van der Waals surface area contributed by atoms with E-state index < -0.39 is 0 Å². The average molecular weight is 505 g/mol. The number of carbonyl (C=O) groups excluding carboxylic acids is 1. The number of nitrogens with zero attached hydrogens (tertiary/aromatic N) is 1. The van der Waals surface area contributed by atoms with Gasteiger partial charge in [-0.15, -0.1) is 0 Å². The molecule has 36 heavy (non-hydrogen) atoms. The van der Waals surface area contributed by atoms with Crippen LogP contribution in [0.4, 0.5) is 0 Å². The standard InChI is InChI=1S/C33H64N2O/c1-3-4-5-6-7-12-17-22-33(36)32-29-31(32)21-16-11-9-14-19-27-35(28-25-34-2)26-18-13-8-10-15-20-30-23-24-30/h30-32,34H,3-29H2,1-2H3. The van der Waals surface area contributed by atoms with Crippen molar-refractivity contribution in [2.24, 2.45) is 17.8 Å². The number of hydrogen-bond donors (Lipinski definition) is 1. The maximum Gasteiger partial charge on any atom is 0.136 e. The summed E-state index contributed by atoms with van der Waals surface area (Å²) >= 11 is 0. The lowest BCUT2D eigenvalue weighted by atomic mass is 10.0. The van der Waals surface area contributed by atoms with Crippen LogP contribution in [0, 0.1) is 17.8 Å². The Hall–Kier alpha value is -0.410. The molecule has 0 bridgehead atoms. The van der Waals surface area contributed by atoms with Crippen LogP contribution in [0.2, 0.25) is 0 Å². The van der Waals surface area contributed by atoms with Gasteiger partial charge in [-0.1, -0.05) is 116 Å². The summed E-state index contributed by atoms with van der Waals surface area (Å²) in [5, 5.41) is 3.34. The summed E-state index contributed by atoms with van der Waals surface area (Å²) in [7, 11) is 2.08. The van der Waals surface area contributed by atoms with E-state index in [-0.39, 0.29) is 0 Å². The Kier molecular flexibility index (Phi) is 19.0. The minimum absolute atomic E-state index is 0.448. The van der Waals surface area contributed by atoms with Crippen LogP contribution in [0.3, 0.4) is 0 Å². The van der Waals surface area contributed by atoms with E-state index in [1.165, 1.54) is 154 Å². The second-order valence-electron chi connectivity index (χ2n) is 12.4. The molecule has 0 saturated heterocycles. The Morgan fingerprint density at radius 2 is 1.25 bits per heavy atom. The first-order valence-corrected chi connectivity index (χ1v) is 16.6. The molecule has 3 heteroatoms. The molecule has 0 aromatic heterocycles. The lowest BCUT2D eigenvalue weighted by molar-refractivity contribution is -0.120. The molecule has 2 aliphatic carbocycles. The molecule has 2 fully saturated rings. The van der Waals surface area contributed by atoms with Crippen molar-refractivity contribution in [3.63, 3.8) is 0 Å². The number of hydrogen-bond acceptors (Lipinski definition) is 3. The molecule has 2 atom stereocenters. The van der Waals surface area contributed by atoms with Gasteiger partial charge in [0.05, 0.1) is 0 Å². The molecule has 0 aliphatic heterocycles. The third-order valence-electron chi connectivity index (χ3n) is 8.87. The second-order valence-corrected chi connectivity index (χ2v) is 12.4. The van der Waals surface area contributed by atoms with Crippen LogP contribution in [-0.4, -0.2) is 43.9 Å². The van der Waals surface area contributed by atoms with Crippen molar-refractivity contribution in [3.05, 3.63) is 0 Å². The lowest BCUT2D eigenvalue weighted by Crippen LogP contribution is -2.32. The number of carbonyl (C=O) groups is 1. The Balaban J connectivity index is 1.37. The van der Waals surface area contributed by atoms with Crippen LogP contribution in [0.1, 0.15) is 155 Å². The van der Waals surface area contributed by atoms with Crippen LogP contribution >= 0.6 is 0 Å². The molecule has 212 valence electrons. The summed E-state index contributed by atoms with van der Waals surface area (Å²) in [4.78, 5) is 15.1. The lowest BCUT2D eigenvalue weighted by Gasteiger charge is -2.22. The van der Waals surface area contributed by atoms with Gasteiger partial charge < -0.3 is 10.2 Å². The van der Waals surface area contributed by atoms with Gasteiger partial charge in [0, 0.05) is 25.4 Å². The molecule has 2 unspecified atom stereocenters. The molecule has 2 aliphatic rings. The smallest absolute Gasteiger partial charge is 0.136 e. The quantitative estimate of drug-likeness (QED) is 0.108. The number of rotatable bonds is 28. The first-order valence-electron chi connectivity index (χ1n) is 16.6. The highest BCUT2D eigenvalue weighted by Gasteiger charge is 2.41. The van der Waals surface area contributed by atoms with Gasteiger partial charge in [0.25, 0.3) is 0 Å². The highest BCUT2D eigenvalue weighted by molar-refractivity contribution is 5.83. The molecule has 0 aromatic carbocycles. The van der Waals surface area contributed by atoms with Gasteiger partial charge in [0.2, 0.25) is 0 Å². The predicted molar refractivity (Wildman–Crippen MR) is 158 cm³/mol. The van der Waals surface area contributed by atoms with E-state index in [1.54, 1.807) is 0 Å². The molecule has 2 saturated carbocycles. The number of unbranched alkanes of at least 4 members (excludes halogenated alkanes) is 14. The maximum atomic E-state index is 12.4. The normalized spacial score (nSPS) is 19.3. The SMILES string of the molecule is CCCCCCCCCC(=O)C1CC1CCCCCCCN(CCCCCCCC1CC1)CCNC. The summed E-state index contributed by atoms with van der Waals surface area (Å²) in [5.74, 6) is 2.90. The molecule has 0 radical (unpaired) electrons. The Morgan fingerprint density at radius 1 is 0.694 bits per heavy atom. The third-order valence-corrected chi connectivity index (χ3v) is 8.87. The zero-order valence-electron chi connectivity index (χ0n) is 24.7. The Morgan fingerprint density at radius 3 is 1.86 bits per heavy atom. The summed E-state index contributed by atoms with van der Waals surface area (Å²) < 4.78 is 0. The van der Waals surface area contributed by atoms with Crippen molar-refractivity contribution >= 4 is 5.78 Å². The van der Waals surface area contributed by atoms with Crippen LogP contribution in [-0.2, 0) is 4.79 Å². The average Bonchev–Trinajstić information content (AvgIpc) is 3.81. The van der Waals surface area contributed by atoms with Gasteiger partial charge >= 0.3 is 0 Å². The van der Waals surface area contributed by atoms with E-state index >= 15 is 0 Å². The molecule has 0 aromatic rings. The van der Waals surface area contributed by atoms with E-state index in [0.29, 0.717) is 11.7 Å². The molecule has 0 heterocycles. The fraction of sp³-hybridized carbons (Fsp3) is 0.970. The monoisotopic (exact) mass is 505 g/mol. The first kappa shape index (κ1) is 31.8. The van der Waals surface area contributed by atoms with Crippen LogP contribution < -0.4 is 5.32 Å². The maximum absolute atomic E-state index is 12.4. The van der Waals surface area contributed by atoms with Crippen molar-refractivity contribution < 1.29 is 4.79 Å². The molecule has 0 spiro atoms. The summed E-state index contributed by atoms with van der Waals surface area (Å²) in [6.07, 6.45) is 31.1. The summed E-state index contributed by atoms with van der Waals surface area (Å²) in [6, 6.07) is 0. The van der Waals surface area contributed by atoms with Gasteiger partial charge in [-0.2, -0.15) is 0 Å². The molecule has 1 N–H and O–H groups in total. The first-order chi connectivity index (χ1) is 17.7. The van der Waals surface area contributed by atoms with Crippen LogP contribution in [0.15, 0.2) is 0 Å². The predicted octanol–water partition coefficient (Wildman–Crippen LogP) is 8.94. The van der Waals surface area contributed by atoms with Crippen LogP contribution in [0.5, 0.6) is 0 Å². The Labute approximate surface area is 226 Å². The minimum Gasteiger partial charge on any atom is -0.318 e. The van der Waals surface area contributed by atoms with E-state index in [0.717, 1.165) is 31.2 Å². The number of likely N-dealkylation sites (N-methyl/N-ethyl adjacent to an activating group) is 1. The van der Waals surface area contributed by atoms with Gasteiger partial charge in [-0.05, 0) is 64.1 Å². The van der Waals surface area contributed by atoms with Gasteiger partial charge in [0.1, 0.15) is 5.78 Å². The van der Waals surface area contributed by atoms with Crippen molar-refractivity contribution in [2.75, 3.05) is 33.2 Å². The van der Waals surface area contributed by atoms with Crippen molar-refractivity contribution in [1.29, 1.82) is 0 Å². The van der Waals surface area contributed by atoms with Gasteiger partial charge in [-0.25, -0.2) is 0 Å². The zero-order valence-corrected chi connectivity index (χ0v) is 24.7. The summed E-state index contributed by atoms with van der Waals surface area (Å²) in [6.45, 7) is 7.16. The number of Topliss-reactive ketones (excluding diaryl/α,β-unsaturated/α-hetero) is 1. The fourth-order valence-corrected chi connectivity index (χ4v) is 5.99. The molecule has 2 rings (SSSR count). The number of nitrogens with one attached hydrogen (secondary N) is 1. The largest absolute Gasteiger partial charge is 0.318 e. The van der Waals surface area contributed by atoms with E-state index in [4.69, 9.17) is 0 Å². The Bertz CT molecular complexity index is 518. The van der Waals surface area contributed by atoms with Crippen molar-refractivity contribution in [2.45, 2.75) is 155 Å². The topological polar surface area (TPSA) is 32.3 Å². The second kappa shape index (κ2) is 21.5. The minimum atomic E-state index is 0.448. The summed E-state index contributed by atoms with van der Waals surface area (Å²) in [5.41, 5.74) is 0. The molecular weight excluding hydrogens is 440 g/mol. The van der Waals surface area contributed by atoms with E-state index in [1.807, 2.05) is 0 Å². The highest BCUT2D eigenvalue weighted by Crippen LogP contribution is 2.44. The van der Waals surface area contributed by atoms with Crippen molar-refractivity contribution in [3.8, 4) is 0 Å². The highest BCUT2D eigenvalue weighted by atomic mass is 16.1. The molecular formula is C33H64N2O. The van der Waals surface area contributed by atoms with Crippen LogP contribution in [0.25, 0.3) is 0 Å². The van der Waals surface area contributed by atoms with E-state index in [2.05, 4.69) is 24.2 Å². The third kappa shape index (κ3) is 17.2. The van der Waals surface area contributed by atoms with Crippen molar-refractivity contribution in [1.82, 2.24) is 10.2 Å². The molecule has 3 nitrogen and oxygen atoms in total. The fourth-order valence-electron chi connectivity index (χ4n) is 5.99. The van der Waals surface area contributed by atoms with Gasteiger partial charge in [-0.3, -0.25) is 4.79 Å². The van der Waals surface area contributed by atoms with E-state index in [9.17, 15) is 4.79 Å². The van der Waals surface area contributed by atoms with Gasteiger partial charge in [0.15, 0.2) is 0 Å². The zero-order chi connectivity index (χ0) is 25.7. The number of ketones is 1.